The SMILES string of the molecule is O=c1c(Br)c(C(F)F)ncn1CC1CC1. The molecule has 0 bridgehead atoms. The number of halogens is 3. The third-order valence-corrected chi connectivity index (χ3v) is 3.11. The van der Waals surface area contributed by atoms with Gasteiger partial charge in [-0.2, -0.15) is 0 Å². The van der Waals surface area contributed by atoms with Crippen molar-refractivity contribution in [1.82, 2.24) is 9.55 Å². The summed E-state index contributed by atoms with van der Waals surface area (Å²) in [4.78, 5) is 15.2. The van der Waals surface area contributed by atoms with Gasteiger partial charge in [0.05, 0.1) is 6.33 Å². The first-order valence-electron chi connectivity index (χ1n) is 4.62. The molecule has 6 heteroatoms. The van der Waals surface area contributed by atoms with Crippen molar-refractivity contribution in [3.8, 4) is 0 Å². The topological polar surface area (TPSA) is 34.9 Å². The van der Waals surface area contributed by atoms with Crippen LogP contribution >= 0.6 is 15.9 Å². The molecule has 0 atom stereocenters. The first-order chi connectivity index (χ1) is 7.09. The van der Waals surface area contributed by atoms with Crippen LogP contribution in [0, 0.1) is 5.92 Å². The molecule has 0 aliphatic heterocycles. The third kappa shape index (κ3) is 2.25. The van der Waals surface area contributed by atoms with Gasteiger partial charge in [-0.15, -0.1) is 0 Å². The van der Waals surface area contributed by atoms with Crippen molar-refractivity contribution in [1.29, 1.82) is 0 Å². The Kier molecular flexibility index (Phi) is 2.86. The molecule has 3 nitrogen and oxygen atoms in total. The van der Waals surface area contributed by atoms with Crippen molar-refractivity contribution >= 4 is 15.9 Å². The second kappa shape index (κ2) is 4.00. The molecule has 1 aromatic rings. The van der Waals surface area contributed by atoms with E-state index in [-0.39, 0.29) is 4.47 Å². The van der Waals surface area contributed by atoms with E-state index in [2.05, 4.69) is 20.9 Å². The normalized spacial score (nSPS) is 16.0. The molecule has 1 aliphatic rings. The summed E-state index contributed by atoms with van der Waals surface area (Å²) in [6, 6.07) is 0. The summed E-state index contributed by atoms with van der Waals surface area (Å²) >= 11 is 2.87. The summed E-state index contributed by atoms with van der Waals surface area (Å²) in [6.07, 6.45) is 0.677. The van der Waals surface area contributed by atoms with Crippen LogP contribution in [0.4, 0.5) is 8.78 Å². The summed E-state index contributed by atoms with van der Waals surface area (Å²) in [5.41, 5.74) is -0.903. The van der Waals surface area contributed by atoms with E-state index in [0.29, 0.717) is 12.5 Å². The number of rotatable bonds is 3. The maximum atomic E-state index is 12.4. The number of hydrogen-bond donors (Lipinski definition) is 0. The Bertz CT molecular complexity index is 429. The molecule has 1 fully saturated rings. The molecule has 0 aromatic carbocycles. The van der Waals surface area contributed by atoms with Crippen LogP contribution in [0.2, 0.25) is 0 Å². The summed E-state index contributed by atoms with van der Waals surface area (Å²) in [5.74, 6) is 0.508. The first kappa shape index (κ1) is 10.7. The van der Waals surface area contributed by atoms with Crippen molar-refractivity contribution in [2.24, 2.45) is 5.92 Å². The molecule has 0 spiro atoms. The highest BCUT2D eigenvalue weighted by Gasteiger charge is 2.24. The third-order valence-electron chi connectivity index (χ3n) is 2.37. The van der Waals surface area contributed by atoms with E-state index in [1.54, 1.807) is 0 Å². The number of alkyl halides is 2. The van der Waals surface area contributed by atoms with E-state index >= 15 is 0 Å². The monoisotopic (exact) mass is 278 g/mol. The molecular weight excluding hydrogens is 270 g/mol. The van der Waals surface area contributed by atoms with Crippen molar-refractivity contribution < 1.29 is 8.78 Å². The van der Waals surface area contributed by atoms with Gasteiger partial charge in [0.2, 0.25) is 0 Å². The second-order valence-corrected chi connectivity index (χ2v) is 4.44. The van der Waals surface area contributed by atoms with Crippen LogP contribution in [-0.2, 0) is 6.54 Å². The summed E-state index contributed by atoms with van der Waals surface area (Å²) in [6.45, 7) is 0.577. The molecule has 0 amide bonds. The van der Waals surface area contributed by atoms with Crippen molar-refractivity contribution in [2.45, 2.75) is 25.8 Å². The highest BCUT2D eigenvalue weighted by molar-refractivity contribution is 9.10. The zero-order valence-electron chi connectivity index (χ0n) is 7.79. The van der Waals surface area contributed by atoms with Gasteiger partial charge < -0.3 is 0 Å². The molecular formula is C9H9BrF2N2O. The van der Waals surface area contributed by atoms with Gasteiger partial charge in [-0.3, -0.25) is 9.36 Å². The lowest BCUT2D eigenvalue weighted by atomic mass is 10.4. The highest BCUT2D eigenvalue weighted by atomic mass is 79.9. The highest BCUT2D eigenvalue weighted by Crippen LogP contribution is 2.30. The minimum absolute atomic E-state index is 0.124. The zero-order valence-corrected chi connectivity index (χ0v) is 9.38. The van der Waals surface area contributed by atoms with Crippen LogP contribution in [0.3, 0.4) is 0 Å². The van der Waals surface area contributed by atoms with Crippen LogP contribution < -0.4 is 5.56 Å². The summed E-state index contributed by atoms with van der Waals surface area (Å²) in [5, 5.41) is 0. The van der Waals surface area contributed by atoms with E-state index in [0.717, 1.165) is 12.8 Å². The fraction of sp³-hybridized carbons (Fsp3) is 0.556. The molecule has 0 N–H and O–H groups in total. The molecule has 0 radical (unpaired) electrons. The van der Waals surface area contributed by atoms with Gasteiger partial charge in [-0.25, -0.2) is 13.8 Å². The first-order valence-corrected chi connectivity index (χ1v) is 5.42. The largest absolute Gasteiger partial charge is 0.298 e. The van der Waals surface area contributed by atoms with Crippen LogP contribution in [-0.4, -0.2) is 9.55 Å². The minimum atomic E-state index is -2.72. The molecule has 1 aliphatic carbocycles. The predicted molar refractivity (Wildman–Crippen MR) is 53.9 cm³/mol. The lowest BCUT2D eigenvalue weighted by molar-refractivity contribution is 0.144. The Morgan fingerprint density at radius 3 is 2.80 bits per heavy atom. The van der Waals surface area contributed by atoms with Crippen LogP contribution in [0.5, 0.6) is 0 Å². The predicted octanol–water partition coefficient (Wildman–Crippen LogP) is 2.35. The van der Waals surface area contributed by atoms with E-state index in [1.165, 1.54) is 10.9 Å². The van der Waals surface area contributed by atoms with E-state index in [4.69, 9.17) is 0 Å². The Balaban J connectivity index is 2.34. The Hall–Kier alpha value is -0.780. The van der Waals surface area contributed by atoms with Crippen molar-refractivity contribution in [3.63, 3.8) is 0 Å². The maximum Gasteiger partial charge on any atom is 0.281 e. The molecule has 15 heavy (non-hydrogen) atoms. The van der Waals surface area contributed by atoms with E-state index < -0.39 is 17.7 Å². The van der Waals surface area contributed by atoms with Crippen molar-refractivity contribution in [2.75, 3.05) is 0 Å². The molecule has 1 heterocycles. The van der Waals surface area contributed by atoms with Crippen LogP contribution in [0.1, 0.15) is 25.0 Å². The number of nitrogens with zero attached hydrogens (tertiary/aromatic N) is 2. The quantitative estimate of drug-likeness (QED) is 0.851. The molecule has 0 unspecified atom stereocenters. The van der Waals surface area contributed by atoms with Gasteiger partial charge in [0.1, 0.15) is 10.2 Å². The van der Waals surface area contributed by atoms with Gasteiger partial charge in [0.15, 0.2) is 0 Å². The zero-order chi connectivity index (χ0) is 11.0. The Morgan fingerprint density at radius 1 is 1.60 bits per heavy atom. The van der Waals surface area contributed by atoms with Gasteiger partial charge >= 0.3 is 0 Å². The van der Waals surface area contributed by atoms with Gasteiger partial charge in [-0.1, -0.05) is 0 Å². The summed E-state index contributed by atoms with van der Waals surface area (Å²) in [7, 11) is 0. The average Bonchev–Trinajstić information content (AvgIpc) is 2.96. The molecule has 82 valence electrons. The molecule has 0 saturated heterocycles. The van der Waals surface area contributed by atoms with Crippen molar-refractivity contribution in [3.05, 3.63) is 26.8 Å². The van der Waals surface area contributed by atoms with Gasteiger partial charge in [-0.05, 0) is 34.7 Å². The standard InChI is InChI=1S/C9H9BrF2N2O/c10-6-7(8(11)12)13-4-14(9(6)15)3-5-1-2-5/h4-5,8H,1-3H2. The average molecular weight is 279 g/mol. The second-order valence-electron chi connectivity index (χ2n) is 3.65. The van der Waals surface area contributed by atoms with E-state index in [9.17, 15) is 13.6 Å². The van der Waals surface area contributed by atoms with Gasteiger partial charge in [0.25, 0.3) is 12.0 Å². The Morgan fingerprint density at radius 2 is 2.27 bits per heavy atom. The Labute approximate surface area is 93.3 Å². The maximum absolute atomic E-state index is 12.4. The summed E-state index contributed by atoms with van der Waals surface area (Å²) < 4.78 is 26.0. The van der Waals surface area contributed by atoms with Gasteiger partial charge in [0, 0.05) is 6.54 Å². The fourth-order valence-corrected chi connectivity index (χ4v) is 1.84. The number of aromatic nitrogens is 2. The molecule has 2 rings (SSSR count). The lowest BCUT2D eigenvalue weighted by Gasteiger charge is -2.07. The van der Waals surface area contributed by atoms with E-state index in [1.807, 2.05) is 0 Å². The lowest BCUT2D eigenvalue weighted by Crippen LogP contribution is -2.23. The molecule has 1 aromatic heterocycles. The van der Waals surface area contributed by atoms with Crippen LogP contribution in [0.25, 0.3) is 0 Å². The van der Waals surface area contributed by atoms with Crippen LogP contribution in [0.15, 0.2) is 15.6 Å². The fourth-order valence-electron chi connectivity index (χ4n) is 1.34. The molecule has 1 saturated carbocycles. The minimum Gasteiger partial charge on any atom is -0.298 e. The number of hydrogen-bond acceptors (Lipinski definition) is 2. The smallest absolute Gasteiger partial charge is 0.281 e.